The molecule has 3 heterocycles. The van der Waals surface area contributed by atoms with E-state index < -0.39 is 0 Å². The van der Waals surface area contributed by atoms with Crippen molar-refractivity contribution in [3.05, 3.63) is 84.7 Å². The highest BCUT2D eigenvalue weighted by Gasteiger charge is 2.15. The van der Waals surface area contributed by atoms with Crippen molar-refractivity contribution >= 4 is 17.6 Å². The number of ether oxygens (including phenoxy) is 1. The maximum Gasteiger partial charge on any atom is 0.337 e. The molecule has 4 rings (SSSR count). The van der Waals surface area contributed by atoms with Gasteiger partial charge in [-0.1, -0.05) is 12.1 Å². The van der Waals surface area contributed by atoms with Gasteiger partial charge in [-0.15, -0.1) is 0 Å². The van der Waals surface area contributed by atoms with Crippen LogP contribution < -0.4 is 4.90 Å². The molecule has 0 spiro atoms. The molecule has 4 aromatic rings. The van der Waals surface area contributed by atoms with Crippen molar-refractivity contribution < 1.29 is 9.53 Å². The number of benzene rings is 1. The van der Waals surface area contributed by atoms with Gasteiger partial charge in [0.1, 0.15) is 5.82 Å². The number of carbonyl (C=O) groups excluding carboxylic acids is 1. The molecule has 144 valence electrons. The smallest absolute Gasteiger partial charge is 0.337 e. The SMILES string of the molecule is COC(=O)c1ccc(CN(c2cnccn2)c2cc(-c3cn[nH]c3)ccn2)cc1. The molecule has 0 aliphatic carbocycles. The van der Waals surface area contributed by atoms with Gasteiger partial charge in [0.25, 0.3) is 0 Å². The summed E-state index contributed by atoms with van der Waals surface area (Å²) in [5, 5.41) is 6.83. The van der Waals surface area contributed by atoms with Crippen LogP contribution in [0.1, 0.15) is 15.9 Å². The van der Waals surface area contributed by atoms with Crippen molar-refractivity contribution in [3.8, 4) is 11.1 Å². The van der Waals surface area contributed by atoms with Crippen molar-refractivity contribution in [2.45, 2.75) is 6.54 Å². The Balaban J connectivity index is 1.68. The number of H-pyrrole nitrogens is 1. The molecule has 0 radical (unpaired) electrons. The Kier molecular flexibility index (Phi) is 5.24. The second-order valence-corrected chi connectivity index (χ2v) is 6.23. The van der Waals surface area contributed by atoms with Crippen molar-refractivity contribution in [2.24, 2.45) is 0 Å². The molecule has 0 aliphatic rings. The van der Waals surface area contributed by atoms with Crippen LogP contribution in [0.3, 0.4) is 0 Å². The Bertz CT molecular complexity index is 1080. The lowest BCUT2D eigenvalue weighted by Gasteiger charge is -2.23. The molecule has 0 fully saturated rings. The zero-order chi connectivity index (χ0) is 20.1. The van der Waals surface area contributed by atoms with E-state index in [1.165, 1.54) is 7.11 Å². The van der Waals surface area contributed by atoms with Crippen LogP contribution in [-0.4, -0.2) is 38.2 Å². The predicted octanol–water partition coefficient (Wildman–Crippen LogP) is 3.39. The first-order valence-corrected chi connectivity index (χ1v) is 8.90. The zero-order valence-electron chi connectivity index (χ0n) is 15.7. The first-order chi connectivity index (χ1) is 14.2. The van der Waals surface area contributed by atoms with Crippen LogP contribution in [0.2, 0.25) is 0 Å². The third kappa shape index (κ3) is 4.11. The Hall–Kier alpha value is -4.07. The normalized spacial score (nSPS) is 10.5. The molecule has 0 saturated carbocycles. The lowest BCUT2D eigenvalue weighted by atomic mass is 10.1. The van der Waals surface area contributed by atoms with Crippen LogP contribution in [0, 0.1) is 0 Å². The Morgan fingerprint density at radius 3 is 2.52 bits per heavy atom. The number of rotatable bonds is 6. The summed E-state index contributed by atoms with van der Waals surface area (Å²) in [4.78, 5) is 26.8. The highest BCUT2D eigenvalue weighted by atomic mass is 16.5. The molecule has 0 bridgehead atoms. The van der Waals surface area contributed by atoms with E-state index in [4.69, 9.17) is 4.74 Å². The van der Waals surface area contributed by atoms with Gasteiger partial charge in [-0.3, -0.25) is 10.1 Å². The lowest BCUT2D eigenvalue weighted by Crippen LogP contribution is -2.19. The summed E-state index contributed by atoms with van der Waals surface area (Å²) in [6, 6.07) is 11.2. The van der Waals surface area contributed by atoms with Crippen LogP contribution in [0.15, 0.2) is 73.6 Å². The molecule has 8 nitrogen and oxygen atoms in total. The molecule has 0 saturated heterocycles. The number of nitrogens with one attached hydrogen (secondary N) is 1. The van der Waals surface area contributed by atoms with Crippen LogP contribution in [-0.2, 0) is 11.3 Å². The minimum absolute atomic E-state index is 0.364. The molecule has 1 N–H and O–H groups in total. The highest BCUT2D eigenvalue weighted by Crippen LogP contribution is 2.27. The van der Waals surface area contributed by atoms with Gasteiger partial charge in [-0.2, -0.15) is 5.10 Å². The number of hydrogen-bond donors (Lipinski definition) is 1. The largest absolute Gasteiger partial charge is 0.465 e. The van der Waals surface area contributed by atoms with E-state index in [1.54, 1.807) is 43.1 Å². The maximum absolute atomic E-state index is 11.7. The minimum atomic E-state index is -0.364. The van der Waals surface area contributed by atoms with E-state index in [2.05, 4.69) is 25.1 Å². The van der Waals surface area contributed by atoms with Gasteiger partial charge < -0.3 is 9.64 Å². The van der Waals surface area contributed by atoms with E-state index in [9.17, 15) is 4.79 Å². The predicted molar refractivity (Wildman–Crippen MR) is 107 cm³/mol. The van der Waals surface area contributed by atoms with Crippen LogP contribution >= 0.6 is 0 Å². The molecule has 0 atom stereocenters. The summed E-state index contributed by atoms with van der Waals surface area (Å²) in [6.45, 7) is 0.502. The van der Waals surface area contributed by atoms with E-state index in [0.717, 1.165) is 22.5 Å². The summed E-state index contributed by atoms with van der Waals surface area (Å²) < 4.78 is 4.76. The van der Waals surface area contributed by atoms with Crippen molar-refractivity contribution in [1.29, 1.82) is 0 Å². The number of carbonyl (C=O) groups is 1. The quantitative estimate of drug-likeness (QED) is 0.507. The molecule has 0 unspecified atom stereocenters. The Labute approximate surface area is 167 Å². The topological polar surface area (TPSA) is 96.9 Å². The lowest BCUT2D eigenvalue weighted by molar-refractivity contribution is 0.0600. The first kappa shape index (κ1) is 18.3. The molecule has 3 aromatic heterocycles. The van der Waals surface area contributed by atoms with E-state index in [0.29, 0.717) is 17.9 Å². The fraction of sp³-hybridized carbons (Fsp3) is 0.0952. The number of pyridine rings is 1. The van der Waals surface area contributed by atoms with Crippen molar-refractivity contribution in [1.82, 2.24) is 25.1 Å². The zero-order valence-corrected chi connectivity index (χ0v) is 15.7. The van der Waals surface area contributed by atoms with Gasteiger partial charge in [0, 0.05) is 30.4 Å². The third-order valence-electron chi connectivity index (χ3n) is 4.40. The van der Waals surface area contributed by atoms with Gasteiger partial charge in [0.2, 0.25) is 0 Å². The molecule has 1 aromatic carbocycles. The average Bonchev–Trinajstić information content (AvgIpc) is 3.33. The molecule has 29 heavy (non-hydrogen) atoms. The number of nitrogens with zero attached hydrogens (tertiary/aromatic N) is 5. The van der Waals surface area contributed by atoms with Crippen LogP contribution in [0.25, 0.3) is 11.1 Å². The van der Waals surface area contributed by atoms with E-state index in [1.807, 2.05) is 35.4 Å². The fourth-order valence-electron chi connectivity index (χ4n) is 2.91. The molecule has 0 aliphatic heterocycles. The number of hydrogen-bond acceptors (Lipinski definition) is 7. The average molecular weight is 386 g/mol. The number of esters is 1. The van der Waals surface area contributed by atoms with Gasteiger partial charge in [0.05, 0.1) is 31.6 Å². The van der Waals surface area contributed by atoms with E-state index in [-0.39, 0.29) is 5.97 Å². The molecule has 8 heteroatoms. The summed E-state index contributed by atoms with van der Waals surface area (Å²) in [6.07, 6.45) is 10.3. The molecular formula is C21H18N6O2. The molecule has 0 amide bonds. The summed E-state index contributed by atoms with van der Waals surface area (Å²) in [5.74, 6) is 1.03. The summed E-state index contributed by atoms with van der Waals surface area (Å²) in [5.41, 5.74) is 3.44. The second kappa shape index (κ2) is 8.30. The second-order valence-electron chi connectivity index (χ2n) is 6.23. The van der Waals surface area contributed by atoms with Gasteiger partial charge in [-0.25, -0.2) is 14.8 Å². The number of aromatic nitrogens is 5. The summed E-state index contributed by atoms with van der Waals surface area (Å²) in [7, 11) is 1.37. The first-order valence-electron chi connectivity index (χ1n) is 8.90. The van der Waals surface area contributed by atoms with Crippen LogP contribution in [0.5, 0.6) is 0 Å². The fourth-order valence-corrected chi connectivity index (χ4v) is 2.91. The standard InChI is InChI=1S/C21H18N6O2/c1-29-21(28)16-4-2-15(3-5-16)14-27(20-13-22-8-9-24-20)19-10-17(6-7-23-19)18-11-25-26-12-18/h2-13H,14H2,1H3,(H,25,26). The van der Waals surface area contributed by atoms with Gasteiger partial charge >= 0.3 is 5.97 Å². The Morgan fingerprint density at radius 2 is 1.83 bits per heavy atom. The number of aromatic amines is 1. The number of methoxy groups -OCH3 is 1. The van der Waals surface area contributed by atoms with Gasteiger partial charge in [0.15, 0.2) is 5.82 Å². The third-order valence-corrected chi connectivity index (χ3v) is 4.40. The van der Waals surface area contributed by atoms with E-state index >= 15 is 0 Å². The maximum atomic E-state index is 11.7. The van der Waals surface area contributed by atoms with Crippen molar-refractivity contribution in [2.75, 3.05) is 12.0 Å². The molecular weight excluding hydrogens is 368 g/mol. The van der Waals surface area contributed by atoms with Gasteiger partial charge in [-0.05, 0) is 35.4 Å². The Morgan fingerprint density at radius 1 is 1.00 bits per heavy atom. The summed E-state index contributed by atoms with van der Waals surface area (Å²) >= 11 is 0. The van der Waals surface area contributed by atoms with Crippen LogP contribution in [0.4, 0.5) is 11.6 Å². The monoisotopic (exact) mass is 386 g/mol. The number of anilines is 2. The minimum Gasteiger partial charge on any atom is -0.465 e. The highest BCUT2D eigenvalue weighted by molar-refractivity contribution is 5.89. The van der Waals surface area contributed by atoms with Crippen molar-refractivity contribution in [3.63, 3.8) is 0 Å².